The van der Waals surface area contributed by atoms with Crippen molar-refractivity contribution in [3.05, 3.63) is 35.9 Å². The van der Waals surface area contributed by atoms with Gasteiger partial charge in [-0.1, -0.05) is 36.8 Å². The Balaban J connectivity index is 1.68. The number of carbonyl (C=O) groups excluding carboxylic acids is 1. The van der Waals surface area contributed by atoms with Gasteiger partial charge in [0.05, 0.1) is 5.92 Å². The standard InChI is InChI=1S/C21H27F3N2O3/c22-21(23,24)17-9-4-8-16(12-17)18(27)25-20(19(28)29)10-5-11-26(14-20)13-15-6-2-1-3-7-15/h1-3,6-7,16-17H,4-5,8-14H2,(H,25,27)(H,28,29)/t16-,17+,20+/m0/s1. The summed E-state index contributed by atoms with van der Waals surface area (Å²) in [4.78, 5) is 26.8. The number of carboxylic acid groups (broad SMARTS) is 1. The second-order valence-electron chi connectivity index (χ2n) is 8.28. The number of aliphatic carboxylic acids is 1. The molecule has 1 aromatic carbocycles. The van der Waals surface area contributed by atoms with Gasteiger partial charge < -0.3 is 10.4 Å². The van der Waals surface area contributed by atoms with Crippen LogP contribution in [0.2, 0.25) is 0 Å². The summed E-state index contributed by atoms with van der Waals surface area (Å²) < 4.78 is 39.2. The Labute approximate surface area is 168 Å². The molecule has 160 valence electrons. The van der Waals surface area contributed by atoms with Crippen molar-refractivity contribution in [1.82, 2.24) is 10.2 Å². The first-order valence-electron chi connectivity index (χ1n) is 10.1. The van der Waals surface area contributed by atoms with E-state index in [0.29, 0.717) is 32.4 Å². The summed E-state index contributed by atoms with van der Waals surface area (Å²) in [6, 6.07) is 9.63. The molecule has 2 aliphatic rings. The summed E-state index contributed by atoms with van der Waals surface area (Å²) >= 11 is 0. The second-order valence-corrected chi connectivity index (χ2v) is 8.28. The van der Waals surface area contributed by atoms with Crippen LogP contribution in [-0.2, 0) is 16.1 Å². The number of rotatable bonds is 5. The van der Waals surface area contributed by atoms with E-state index in [1.165, 1.54) is 0 Å². The maximum atomic E-state index is 13.1. The third-order valence-corrected chi connectivity index (χ3v) is 6.10. The molecule has 1 saturated heterocycles. The van der Waals surface area contributed by atoms with Crippen molar-refractivity contribution in [2.75, 3.05) is 13.1 Å². The van der Waals surface area contributed by atoms with Crippen LogP contribution >= 0.6 is 0 Å². The van der Waals surface area contributed by atoms with Crippen molar-refractivity contribution in [1.29, 1.82) is 0 Å². The van der Waals surface area contributed by atoms with Crippen molar-refractivity contribution >= 4 is 11.9 Å². The molecule has 5 nitrogen and oxygen atoms in total. The molecular weight excluding hydrogens is 385 g/mol. The fraction of sp³-hybridized carbons (Fsp3) is 0.619. The Kier molecular flexibility index (Phi) is 6.51. The number of carbonyl (C=O) groups is 2. The van der Waals surface area contributed by atoms with Gasteiger partial charge in [-0.15, -0.1) is 0 Å². The van der Waals surface area contributed by atoms with Gasteiger partial charge in [-0.2, -0.15) is 13.2 Å². The predicted octanol–water partition coefficient (Wildman–Crippen LogP) is 3.59. The van der Waals surface area contributed by atoms with E-state index in [4.69, 9.17) is 0 Å². The molecule has 8 heteroatoms. The zero-order valence-corrected chi connectivity index (χ0v) is 16.3. The molecule has 0 unspecified atom stereocenters. The molecule has 0 radical (unpaired) electrons. The van der Waals surface area contributed by atoms with Crippen LogP contribution in [0.3, 0.4) is 0 Å². The number of nitrogens with one attached hydrogen (secondary N) is 1. The lowest BCUT2D eigenvalue weighted by Gasteiger charge is -2.41. The number of nitrogens with zero attached hydrogens (tertiary/aromatic N) is 1. The minimum absolute atomic E-state index is 0.0300. The number of alkyl halides is 3. The molecule has 2 N–H and O–H groups in total. The summed E-state index contributed by atoms with van der Waals surface area (Å²) in [5, 5.41) is 12.5. The number of carboxylic acids is 1. The van der Waals surface area contributed by atoms with E-state index < -0.39 is 35.4 Å². The Hall–Kier alpha value is -2.09. The van der Waals surface area contributed by atoms with Crippen LogP contribution in [0.1, 0.15) is 44.1 Å². The third kappa shape index (κ3) is 5.29. The molecule has 2 fully saturated rings. The number of benzene rings is 1. The normalized spacial score (nSPS) is 28.7. The third-order valence-electron chi connectivity index (χ3n) is 6.10. The van der Waals surface area contributed by atoms with Gasteiger partial charge in [-0.25, -0.2) is 4.79 Å². The molecule has 0 spiro atoms. The second kappa shape index (κ2) is 8.73. The summed E-state index contributed by atoms with van der Waals surface area (Å²) in [5.74, 6) is -3.99. The average Bonchev–Trinajstić information content (AvgIpc) is 2.68. The van der Waals surface area contributed by atoms with Gasteiger partial charge in [0.25, 0.3) is 0 Å². The van der Waals surface area contributed by atoms with Crippen molar-refractivity contribution in [2.45, 2.75) is 56.8 Å². The lowest BCUT2D eigenvalue weighted by molar-refractivity contribution is -0.186. The quantitative estimate of drug-likeness (QED) is 0.776. The molecule has 29 heavy (non-hydrogen) atoms. The van der Waals surface area contributed by atoms with Crippen LogP contribution < -0.4 is 5.32 Å². The highest BCUT2D eigenvalue weighted by atomic mass is 19.4. The lowest BCUT2D eigenvalue weighted by atomic mass is 9.79. The number of likely N-dealkylation sites (tertiary alicyclic amines) is 1. The van der Waals surface area contributed by atoms with E-state index in [1.807, 2.05) is 35.2 Å². The molecular formula is C21H27F3N2O3. The number of halogens is 3. The van der Waals surface area contributed by atoms with E-state index >= 15 is 0 Å². The Morgan fingerprint density at radius 2 is 1.90 bits per heavy atom. The van der Waals surface area contributed by atoms with Crippen LogP contribution in [0.15, 0.2) is 30.3 Å². The molecule has 1 aliphatic carbocycles. The summed E-state index contributed by atoms with van der Waals surface area (Å²) in [6.07, 6.45) is -3.00. The highest BCUT2D eigenvalue weighted by molar-refractivity contribution is 5.88. The zero-order valence-electron chi connectivity index (χ0n) is 16.3. The molecule has 1 heterocycles. The van der Waals surface area contributed by atoms with Crippen LogP contribution in [0, 0.1) is 11.8 Å². The van der Waals surface area contributed by atoms with Crippen molar-refractivity contribution < 1.29 is 27.9 Å². The number of piperidine rings is 1. The number of hydrogen-bond acceptors (Lipinski definition) is 3. The minimum Gasteiger partial charge on any atom is -0.479 e. The first-order valence-corrected chi connectivity index (χ1v) is 10.1. The van der Waals surface area contributed by atoms with Crippen molar-refractivity contribution in [3.8, 4) is 0 Å². The van der Waals surface area contributed by atoms with Gasteiger partial charge in [-0.3, -0.25) is 9.69 Å². The lowest BCUT2D eigenvalue weighted by Crippen LogP contribution is -2.64. The first kappa shape index (κ1) is 21.6. The topological polar surface area (TPSA) is 69.6 Å². The van der Waals surface area contributed by atoms with Crippen LogP contribution in [-0.4, -0.2) is 46.7 Å². The molecule has 3 rings (SSSR count). The minimum atomic E-state index is -4.32. The molecule has 1 amide bonds. The fourth-order valence-electron chi connectivity index (χ4n) is 4.51. The summed E-state index contributed by atoms with van der Waals surface area (Å²) in [6.45, 7) is 1.41. The smallest absolute Gasteiger partial charge is 0.391 e. The Bertz CT molecular complexity index is 726. The van der Waals surface area contributed by atoms with Gasteiger partial charge in [0, 0.05) is 19.0 Å². The Morgan fingerprint density at radius 3 is 2.55 bits per heavy atom. The molecule has 3 atom stereocenters. The highest BCUT2D eigenvalue weighted by Gasteiger charge is 2.47. The number of amides is 1. The fourth-order valence-corrected chi connectivity index (χ4v) is 4.51. The number of hydrogen-bond donors (Lipinski definition) is 2. The van der Waals surface area contributed by atoms with Gasteiger partial charge in [0.15, 0.2) is 5.54 Å². The van der Waals surface area contributed by atoms with Gasteiger partial charge in [-0.05, 0) is 44.2 Å². The van der Waals surface area contributed by atoms with E-state index in [9.17, 15) is 27.9 Å². The van der Waals surface area contributed by atoms with Crippen molar-refractivity contribution in [2.24, 2.45) is 11.8 Å². The first-order chi connectivity index (χ1) is 13.7. The predicted molar refractivity (Wildman–Crippen MR) is 101 cm³/mol. The average molecular weight is 412 g/mol. The monoisotopic (exact) mass is 412 g/mol. The molecule has 0 aromatic heterocycles. The van der Waals surface area contributed by atoms with E-state index in [0.717, 1.165) is 5.56 Å². The van der Waals surface area contributed by atoms with Gasteiger partial charge in [0.2, 0.25) is 5.91 Å². The van der Waals surface area contributed by atoms with Crippen LogP contribution in [0.4, 0.5) is 13.2 Å². The van der Waals surface area contributed by atoms with Crippen LogP contribution in [0.5, 0.6) is 0 Å². The molecule has 1 saturated carbocycles. The van der Waals surface area contributed by atoms with E-state index in [-0.39, 0.29) is 25.8 Å². The SMILES string of the molecule is O=C(N[C@]1(C(=O)O)CCCN(Cc2ccccc2)C1)[C@H]1CCC[C@@H](C(F)(F)F)C1. The summed E-state index contributed by atoms with van der Waals surface area (Å²) in [5.41, 5.74) is -0.421. The Morgan fingerprint density at radius 1 is 1.17 bits per heavy atom. The zero-order chi connectivity index (χ0) is 21.1. The molecule has 1 aromatic rings. The largest absolute Gasteiger partial charge is 0.479 e. The van der Waals surface area contributed by atoms with Gasteiger partial charge in [0.1, 0.15) is 0 Å². The van der Waals surface area contributed by atoms with E-state index in [2.05, 4.69) is 5.32 Å². The maximum Gasteiger partial charge on any atom is 0.391 e. The summed E-state index contributed by atoms with van der Waals surface area (Å²) in [7, 11) is 0. The van der Waals surface area contributed by atoms with Crippen molar-refractivity contribution in [3.63, 3.8) is 0 Å². The molecule has 1 aliphatic heterocycles. The highest BCUT2D eigenvalue weighted by Crippen LogP contribution is 2.40. The van der Waals surface area contributed by atoms with Crippen LogP contribution in [0.25, 0.3) is 0 Å². The molecule has 0 bridgehead atoms. The van der Waals surface area contributed by atoms with Gasteiger partial charge >= 0.3 is 12.1 Å². The maximum absolute atomic E-state index is 13.1. The van der Waals surface area contributed by atoms with E-state index in [1.54, 1.807) is 0 Å².